The van der Waals surface area contributed by atoms with Crippen LogP contribution in [0.25, 0.3) is 0 Å². The number of hydrogen-bond donors (Lipinski definition) is 3. The second-order valence-electron chi connectivity index (χ2n) is 6.25. The molecule has 7 nitrogen and oxygen atoms in total. The Labute approximate surface area is 179 Å². The third-order valence-corrected chi connectivity index (χ3v) is 3.68. The molecule has 0 saturated heterocycles. The Hall–Kier alpha value is -1.55. The predicted molar refractivity (Wildman–Crippen MR) is 120 cm³/mol. The fraction of sp³-hybridized carbons (Fsp3) is 0.579. The van der Waals surface area contributed by atoms with E-state index in [2.05, 4.69) is 27.0 Å². The van der Waals surface area contributed by atoms with E-state index in [-0.39, 0.29) is 35.8 Å². The molecule has 3 N–H and O–H groups in total. The number of nitrogens with one attached hydrogen (secondary N) is 3. The molecule has 1 rings (SSSR count). The van der Waals surface area contributed by atoms with Crippen molar-refractivity contribution in [1.29, 1.82) is 0 Å². The SMILES string of the molecule is CN=C(NCCNC(=O)C(C)C)NCc1ccc(C)cc1OCCOC.I. The Balaban J connectivity index is 0.00000676. The van der Waals surface area contributed by atoms with Crippen LogP contribution < -0.4 is 20.7 Å². The van der Waals surface area contributed by atoms with Crippen molar-refractivity contribution in [1.82, 2.24) is 16.0 Å². The molecular weight excluding hydrogens is 459 g/mol. The van der Waals surface area contributed by atoms with Gasteiger partial charge in [0.05, 0.1) is 6.61 Å². The largest absolute Gasteiger partial charge is 0.491 e. The number of ether oxygens (including phenoxy) is 2. The normalized spacial score (nSPS) is 11.0. The van der Waals surface area contributed by atoms with Crippen molar-refractivity contribution >= 4 is 35.8 Å². The average Bonchev–Trinajstić information content (AvgIpc) is 2.62. The first-order valence-electron chi connectivity index (χ1n) is 8.91. The van der Waals surface area contributed by atoms with Crippen molar-refractivity contribution < 1.29 is 14.3 Å². The van der Waals surface area contributed by atoms with Gasteiger partial charge in [-0.1, -0.05) is 26.0 Å². The number of carbonyl (C=O) groups is 1. The Bertz CT molecular complexity index is 594. The summed E-state index contributed by atoms with van der Waals surface area (Å²) in [6, 6.07) is 6.11. The molecule has 0 unspecified atom stereocenters. The van der Waals surface area contributed by atoms with Crippen molar-refractivity contribution in [2.45, 2.75) is 27.3 Å². The molecule has 1 aromatic rings. The van der Waals surface area contributed by atoms with E-state index in [0.29, 0.717) is 38.8 Å². The zero-order chi connectivity index (χ0) is 19.4. The molecule has 0 radical (unpaired) electrons. The second kappa shape index (κ2) is 14.5. The number of hydrogen-bond acceptors (Lipinski definition) is 4. The van der Waals surface area contributed by atoms with E-state index in [1.165, 1.54) is 0 Å². The van der Waals surface area contributed by atoms with E-state index in [4.69, 9.17) is 9.47 Å². The van der Waals surface area contributed by atoms with E-state index < -0.39 is 0 Å². The first kappa shape index (κ1) is 25.4. The number of aliphatic imine (C=N–C) groups is 1. The minimum absolute atomic E-state index is 0. The lowest BCUT2D eigenvalue weighted by Gasteiger charge is -2.16. The van der Waals surface area contributed by atoms with Crippen LogP contribution in [-0.4, -0.2) is 52.3 Å². The van der Waals surface area contributed by atoms with Crippen LogP contribution >= 0.6 is 24.0 Å². The molecule has 154 valence electrons. The highest BCUT2D eigenvalue weighted by molar-refractivity contribution is 14.0. The molecule has 8 heteroatoms. The fourth-order valence-electron chi connectivity index (χ4n) is 2.15. The standard InChI is InChI=1S/C19H32N4O3.HI/c1-14(2)18(24)21-8-9-22-19(20-4)23-13-16-7-6-15(3)12-17(16)26-11-10-25-5;/h6-7,12,14H,8-11,13H2,1-5H3,(H,21,24)(H2,20,22,23);1H. The van der Waals surface area contributed by atoms with Crippen molar-refractivity contribution in [2.24, 2.45) is 10.9 Å². The average molecular weight is 492 g/mol. The van der Waals surface area contributed by atoms with Gasteiger partial charge in [-0.25, -0.2) is 0 Å². The van der Waals surface area contributed by atoms with Crippen LogP contribution in [0.4, 0.5) is 0 Å². The number of rotatable bonds is 10. The van der Waals surface area contributed by atoms with Crippen molar-refractivity contribution in [3.8, 4) is 5.75 Å². The minimum Gasteiger partial charge on any atom is -0.491 e. The summed E-state index contributed by atoms with van der Waals surface area (Å²) in [4.78, 5) is 15.7. The highest BCUT2D eigenvalue weighted by Gasteiger charge is 2.07. The Kier molecular flexibility index (Phi) is 13.7. The summed E-state index contributed by atoms with van der Waals surface area (Å²) in [5, 5.41) is 9.31. The third-order valence-electron chi connectivity index (χ3n) is 3.68. The number of guanidine groups is 1. The lowest BCUT2D eigenvalue weighted by atomic mass is 10.1. The maximum Gasteiger partial charge on any atom is 0.222 e. The van der Waals surface area contributed by atoms with E-state index in [9.17, 15) is 4.79 Å². The molecule has 27 heavy (non-hydrogen) atoms. The Morgan fingerprint density at radius 1 is 1.15 bits per heavy atom. The van der Waals surface area contributed by atoms with Crippen LogP contribution in [0.3, 0.4) is 0 Å². The lowest BCUT2D eigenvalue weighted by molar-refractivity contribution is -0.123. The van der Waals surface area contributed by atoms with Crippen LogP contribution in [0, 0.1) is 12.8 Å². The summed E-state index contributed by atoms with van der Waals surface area (Å²) in [6.45, 7) is 8.57. The minimum atomic E-state index is -0.00879. The van der Waals surface area contributed by atoms with E-state index in [1.54, 1.807) is 14.2 Å². The van der Waals surface area contributed by atoms with Crippen LogP contribution in [-0.2, 0) is 16.1 Å². The zero-order valence-corrected chi connectivity index (χ0v) is 19.3. The van der Waals surface area contributed by atoms with Gasteiger partial charge in [0, 0.05) is 45.3 Å². The van der Waals surface area contributed by atoms with Gasteiger partial charge >= 0.3 is 0 Å². The number of aryl methyl sites for hydroxylation is 1. The number of methoxy groups -OCH3 is 1. The molecule has 0 fully saturated rings. The van der Waals surface area contributed by atoms with Gasteiger partial charge in [-0.3, -0.25) is 9.79 Å². The van der Waals surface area contributed by atoms with Gasteiger partial charge in [-0.15, -0.1) is 24.0 Å². The number of nitrogens with zero attached hydrogens (tertiary/aromatic N) is 1. The van der Waals surface area contributed by atoms with Crippen molar-refractivity contribution in [3.05, 3.63) is 29.3 Å². The number of carbonyl (C=O) groups excluding carboxylic acids is 1. The van der Waals surface area contributed by atoms with Gasteiger partial charge in [-0.05, 0) is 18.6 Å². The third kappa shape index (κ3) is 10.4. The predicted octanol–water partition coefficient (Wildman–Crippen LogP) is 2.08. The maximum atomic E-state index is 11.5. The molecule has 1 aromatic carbocycles. The monoisotopic (exact) mass is 492 g/mol. The maximum absolute atomic E-state index is 11.5. The zero-order valence-electron chi connectivity index (χ0n) is 16.9. The summed E-state index contributed by atoms with van der Waals surface area (Å²) in [7, 11) is 3.37. The molecule has 0 aromatic heterocycles. The molecule has 0 bridgehead atoms. The molecule has 0 aliphatic heterocycles. The van der Waals surface area contributed by atoms with Gasteiger partial charge in [-0.2, -0.15) is 0 Å². The van der Waals surface area contributed by atoms with E-state index >= 15 is 0 Å². The first-order chi connectivity index (χ1) is 12.5. The first-order valence-corrected chi connectivity index (χ1v) is 8.91. The van der Waals surface area contributed by atoms with Gasteiger partial charge in [0.1, 0.15) is 12.4 Å². The van der Waals surface area contributed by atoms with Crippen molar-refractivity contribution in [2.75, 3.05) is 40.5 Å². The van der Waals surface area contributed by atoms with Crippen molar-refractivity contribution in [3.63, 3.8) is 0 Å². The topological polar surface area (TPSA) is 84.0 Å². The Morgan fingerprint density at radius 3 is 2.48 bits per heavy atom. The summed E-state index contributed by atoms with van der Waals surface area (Å²) in [5.74, 6) is 1.55. The number of halogens is 1. The van der Waals surface area contributed by atoms with E-state index in [1.807, 2.05) is 32.9 Å². The molecule has 0 saturated carbocycles. The molecule has 0 aliphatic rings. The summed E-state index contributed by atoms with van der Waals surface area (Å²) >= 11 is 0. The highest BCUT2D eigenvalue weighted by Crippen LogP contribution is 2.20. The van der Waals surface area contributed by atoms with Gasteiger partial charge in [0.15, 0.2) is 5.96 Å². The summed E-state index contributed by atoms with van der Waals surface area (Å²) < 4.78 is 10.8. The molecule has 1 amide bonds. The molecule has 0 heterocycles. The number of amides is 1. The van der Waals surface area contributed by atoms with E-state index in [0.717, 1.165) is 16.9 Å². The fourth-order valence-corrected chi connectivity index (χ4v) is 2.15. The van der Waals surface area contributed by atoms with Gasteiger partial charge in [0.25, 0.3) is 0 Å². The smallest absolute Gasteiger partial charge is 0.222 e. The van der Waals surface area contributed by atoms with Crippen LogP contribution in [0.5, 0.6) is 5.75 Å². The molecule has 0 spiro atoms. The highest BCUT2D eigenvalue weighted by atomic mass is 127. The Morgan fingerprint density at radius 2 is 1.85 bits per heavy atom. The molecule has 0 atom stereocenters. The lowest BCUT2D eigenvalue weighted by Crippen LogP contribution is -2.41. The summed E-state index contributed by atoms with van der Waals surface area (Å²) in [5.41, 5.74) is 2.19. The quantitative estimate of drug-likeness (QED) is 0.202. The molecule has 0 aliphatic carbocycles. The summed E-state index contributed by atoms with van der Waals surface area (Å²) in [6.07, 6.45) is 0. The van der Waals surface area contributed by atoms with Gasteiger partial charge in [0.2, 0.25) is 5.91 Å². The number of benzene rings is 1. The molecular formula is C19H33IN4O3. The van der Waals surface area contributed by atoms with Crippen LogP contribution in [0.2, 0.25) is 0 Å². The van der Waals surface area contributed by atoms with Gasteiger partial charge < -0.3 is 25.4 Å². The van der Waals surface area contributed by atoms with Crippen LogP contribution in [0.15, 0.2) is 23.2 Å². The van der Waals surface area contributed by atoms with Crippen LogP contribution in [0.1, 0.15) is 25.0 Å². The second-order valence-corrected chi connectivity index (χ2v) is 6.25.